The van der Waals surface area contributed by atoms with Crippen LogP contribution in [0, 0.1) is 0 Å². The number of nitrogens with two attached hydrogens (primary N) is 2. The summed E-state index contributed by atoms with van der Waals surface area (Å²) in [6.07, 6.45) is 0. The number of benzene rings is 2. The van der Waals surface area contributed by atoms with Gasteiger partial charge in [-0.2, -0.15) is 0 Å². The topological polar surface area (TPSA) is 147 Å². The zero-order valence-corrected chi connectivity index (χ0v) is 20.6. The van der Waals surface area contributed by atoms with Gasteiger partial charge < -0.3 is 41.0 Å². The van der Waals surface area contributed by atoms with Crippen LogP contribution in [0.15, 0.2) is 36.4 Å². The van der Waals surface area contributed by atoms with E-state index in [1.54, 1.807) is 24.3 Å². The molecule has 10 heteroatoms. The number of ketones is 2. The van der Waals surface area contributed by atoms with E-state index in [1.165, 1.54) is 0 Å². The summed E-state index contributed by atoms with van der Waals surface area (Å²) in [6.45, 7) is 5.60. The van der Waals surface area contributed by atoms with Crippen molar-refractivity contribution in [2.75, 3.05) is 89.7 Å². The second kappa shape index (κ2) is 15.3. The molecule has 1 aliphatic rings. The van der Waals surface area contributed by atoms with Gasteiger partial charge in [0, 0.05) is 48.7 Å². The Morgan fingerprint density at radius 1 is 0.556 bits per heavy atom. The Balaban J connectivity index is 1.65. The lowest BCUT2D eigenvalue weighted by Gasteiger charge is -2.24. The number of carbonyl (C=O) groups excluding carboxylic acids is 2. The number of ether oxygens (including phenoxy) is 4. The van der Waals surface area contributed by atoms with Crippen LogP contribution in [0.5, 0.6) is 0 Å². The fourth-order valence-electron chi connectivity index (χ4n) is 3.84. The predicted molar refractivity (Wildman–Crippen MR) is 138 cm³/mol. The molecule has 0 atom stereocenters. The summed E-state index contributed by atoms with van der Waals surface area (Å²) in [5.74, 6) is -0.369. The average Bonchev–Trinajstić information content (AvgIpc) is 2.90. The van der Waals surface area contributed by atoms with Crippen LogP contribution in [0.4, 0.5) is 11.4 Å². The average molecular weight is 501 g/mol. The molecule has 0 radical (unpaired) electrons. The third-order valence-electron chi connectivity index (χ3n) is 5.47. The number of nitrogens with one attached hydrogen (secondary N) is 2. The summed E-state index contributed by atoms with van der Waals surface area (Å²) in [7, 11) is 0. The van der Waals surface area contributed by atoms with Crippen molar-refractivity contribution in [3.05, 3.63) is 58.7 Å². The van der Waals surface area contributed by atoms with Gasteiger partial charge in [-0.3, -0.25) is 9.59 Å². The van der Waals surface area contributed by atoms with E-state index in [1.807, 2.05) is 12.1 Å². The number of fused-ring (bicyclic) bond motifs is 2. The second-order valence-electron chi connectivity index (χ2n) is 7.99. The van der Waals surface area contributed by atoms with Crippen molar-refractivity contribution < 1.29 is 28.5 Å². The molecule has 10 nitrogen and oxygen atoms in total. The van der Waals surface area contributed by atoms with E-state index in [0.717, 1.165) is 0 Å². The summed E-state index contributed by atoms with van der Waals surface area (Å²) >= 11 is 0. The van der Waals surface area contributed by atoms with Gasteiger partial charge in [-0.1, -0.05) is 24.3 Å². The first-order chi connectivity index (χ1) is 17.7. The van der Waals surface area contributed by atoms with Crippen LogP contribution < -0.4 is 22.1 Å². The van der Waals surface area contributed by atoms with E-state index < -0.39 is 0 Å². The molecule has 2 aromatic rings. The standard InChI is InChI=1S/C26H36N4O6/c27-7-11-33-15-17-35-13-9-29-21-5-6-22(30-10-14-36-18-16-34-12-8-28)24-23(21)25(31)19-3-1-2-4-20(19)26(24)32/h1-6,29-30H,7-18,27-28H2. The van der Waals surface area contributed by atoms with Gasteiger partial charge >= 0.3 is 0 Å². The molecule has 0 aliphatic heterocycles. The minimum Gasteiger partial charge on any atom is -0.382 e. The van der Waals surface area contributed by atoms with E-state index in [-0.39, 0.29) is 11.6 Å². The maximum absolute atomic E-state index is 13.4. The summed E-state index contributed by atoms with van der Waals surface area (Å²) in [5, 5.41) is 6.50. The zero-order valence-electron chi connectivity index (χ0n) is 20.6. The van der Waals surface area contributed by atoms with Crippen molar-refractivity contribution >= 4 is 22.9 Å². The Morgan fingerprint density at radius 2 is 0.944 bits per heavy atom. The van der Waals surface area contributed by atoms with E-state index in [0.29, 0.717) is 113 Å². The van der Waals surface area contributed by atoms with Gasteiger partial charge in [0.2, 0.25) is 0 Å². The first-order valence-electron chi connectivity index (χ1n) is 12.2. The summed E-state index contributed by atoms with van der Waals surface area (Å²) in [5.41, 5.74) is 13.5. The lowest BCUT2D eigenvalue weighted by molar-refractivity contribution is 0.0547. The van der Waals surface area contributed by atoms with Gasteiger partial charge in [0.1, 0.15) is 0 Å². The van der Waals surface area contributed by atoms with E-state index >= 15 is 0 Å². The zero-order chi connectivity index (χ0) is 25.6. The normalized spacial score (nSPS) is 12.4. The van der Waals surface area contributed by atoms with Crippen LogP contribution in [0.3, 0.4) is 0 Å². The Morgan fingerprint density at radius 3 is 1.33 bits per heavy atom. The maximum atomic E-state index is 13.4. The highest BCUT2D eigenvalue weighted by Crippen LogP contribution is 2.36. The van der Waals surface area contributed by atoms with Gasteiger partial charge in [-0.25, -0.2) is 0 Å². The van der Waals surface area contributed by atoms with Gasteiger partial charge in [0.15, 0.2) is 11.6 Å². The third-order valence-corrected chi connectivity index (χ3v) is 5.47. The van der Waals surface area contributed by atoms with Gasteiger partial charge in [-0.05, 0) is 12.1 Å². The van der Waals surface area contributed by atoms with Crippen molar-refractivity contribution in [3.63, 3.8) is 0 Å². The van der Waals surface area contributed by atoms with Crippen LogP contribution in [0.1, 0.15) is 31.8 Å². The number of hydrogen-bond donors (Lipinski definition) is 4. The SMILES string of the molecule is NCCOCCOCCNc1ccc(NCCOCCOCCN)c2c1C(=O)c1ccccc1C2=O. The predicted octanol–water partition coefficient (Wildman–Crippen LogP) is 1.27. The molecule has 0 unspecified atom stereocenters. The molecule has 36 heavy (non-hydrogen) atoms. The number of anilines is 2. The number of rotatable bonds is 18. The van der Waals surface area contributed by atoms with Crippen molar-refractivity contribution in [2.24, 2.45) is 11.5 Å². The molecule has 0 saturated carbocycles. The largest absolute Gasteiger partial charge is 0.382 e. The lowest BCUT2D eigenvalue weighted by Crippen LogP contribution is -2.25. The fourth-order valence-corrected chi connectivity index (χ4v) is 3.84. The summed E-state index contributed by atoms with van der Waals surface area (Å²) in [4.78, 5) is 26.9. The van der Waals surface area contributed by atoms with Crippen molar-refractivity contribution in [1.29, 1.82) is 0 Å². The molecule has 0 heterocycles. The summed E-state index contributed by atoms with van der Waals surface area (Å²) < 4.78 is 21.7. The maximum Gasteiger partial charge on any atom is 0.196 e. The number of hydrogen-bond acceptors (Lipinski definition) is 10. The molecule has 0 spiro atoms. The molecule has 6 N–H and O–H groups in total. The molecule has 1 aliphatic carbocycles. The Bertz CT molecular complexity index is 922. The Kier molecular flexibility index (Phi) is 11.8. The van der Waals surface area contributed by atoms with Crippen LogP contribution >= 0.6 is 0 Å². The fraction of sp³-hybridized carbons (Fsp3) is 0.462. The molecule has 3 rings (SSSR count). The molecule has 196 valence electrons. The van der Waals surface area contributed by atoms with Gasteiger partial charge in [0.05, 0.1) is 64.0 Å². The first-order valence-corrected chi connectivity index (χ1v) is 12.2. The van der Waals surface area contributed by atoms with Crippen molar-refractivity contribution in [3.8, 4) is 0 Å². The molecular weight excluding hydrogens is 464 g/mol. The highest BCUT2D eigenvalue weighted by Gasteiger charge is 2.33. The highest BCUT2D eigenvalue weighted by molar-refractivity contribution is 6.31. The highest BCUT2D eigenvalue weighted by atomic mass is 16.5. The molecule has 2 aromatic carbocycles. The van der Waals surface area contributed by atoms with Crippen molar-refractivity contribution in [1.82, 2.24) is 0 Å². The Labute approximate surface area is 211 Å². The van der Waals surface area contributed by atoms with Crippen LogP contribution in [0.2, 0.25) is 0 Å². The van der Waals surface area contributed by atoms with E-state index in [2.05, 4.69) is 10.6 Å². The number of carbonyl (C=O) groups is 2. The molecule has 0 aromatic heterocycles. The third kappa shape index (κ3) is 7.57. The van der Waals surface area contributed by atoms with Gasteiger partial charge in [-0.15, -0.1) is 0 Å². The quantitative estimate of drug-likeness (QED) is 0.188. The second-order valence-corrected chi connectivity index (χ2v) is 7.99. The minimum atomic E-state index is -0.184. The van der Waals surface area contributed by atoms with Gasteiger partial charge in [0.25, 0.3) is 0 Å². The molecule has 0 saturated heterocycles. The minimum absolute atomic E-state index is 0.184. The molecule has 0 fully saturated rings. The monoisotopic (exact) mass is 500 g/mol. The van der Waals surface area contributed by atoms with E-state index in [9.17, 15) is 9.59 Å². The molecule has 0 bridgehead atoms. The molecular formula is C26H36N4O6. The van der Waals surface area contributed by atoms with Crippen LogP contribution in [0.25, 0.3) is 0 Å². The van der Waals surface area contributed by atoms with Crippen molar-refractivity contribution in [2.45, 2.75) is 0 Å². The van der Waals surface area contributed by atoms with Crippen LogP contribution in [-0.2, 0) is 18.9 Å². The molecule has 0 amide bonds. The lowest BCUT2D eigenvalue weighted by atomic mass is 9.82. The van der Waals surface area contributed by atoms with E-state index in [4.69, 9.17) is 30.4 Å². The first kappa shape index (κ1) is 27.7. The smallest absolute Gasteiger partial charge is 0.196 e. The summed E-state index contributed by atoms with van der Waals surface area (Å²) in [6, 6.07) is 10.5. The Hall–Kier alpha value is -2.86. The van der Waals surface area contributed by atoms with Crippen LogP contribution in [-0.4, -0.2) is 90.6 Å².